The lowest BCUT2D eigenvalue weighted by Crippen LogP contribution is -2.00. The number of benzene rings is 2. The third kappa shape index (κ3) is 4.68. The van der Waals surface area contributed by atoms with E-state index in [1.54, 1.807) is 16.7 Å². The van der Waals surface area contributed by atoms with E-state index in [0.29, 0.717) is 21.8 Å². The van der Waals surface area contributed by atoms with Crippen LogP contribution in [0, 0.1) is 17.1 Å². The van der Waals surface area contributed by atoms with E-state index in [1.165, 1.54) is 35.2 Å². The van der Waals surface area contributed by atoms with Crippen LogP contribution in [0.5, 0.6) is 0 Å². The molecule has 0 aliphatic heterocycles. The van der Waals surface area contributed by atoms with Gasteiger partial charge < -0.3 is 15.0 Å². The summed E-state index contributed by atoms with van der Waals surface area (Å²) in [5, 5.41) is 32.1. The first-order chi connectivity index (χ1) is 15.0. The number of fused-ring (bicyclic) bond motifs is 1. The van der Waals surface area contributed by atoms with E-state index >= 15 is 0 Å². The van der Waals surface area contributed by atoms with E-state index < -0.39 is 0 Å². The summed E-state index contributed by atoms with van der Waals surface area (Å²) < 4.78 is 15.4. The normalized spacial score (nSPS) is 11.9. The molecule has 0 radical (unpaired) electrons. The molecule has 156 valence electrons. The SMILES string of the molecule is Cn1c(/C(C#N)=C(\O)CSc2nnc(NCc3ccc(F)cc3)s2)nc2ccccc21. The van der Waals surface area contributed by atoms with Crippen molar-refractivity contribution >= 4 is 44.8 Å². The number of anilines is 1. The van der Waals surface area contributed by atoms with Gasteiger partial charge in [-0.2, -0.15) is 5.26 Å². The molecule has 7 nitrogen and oxygen atoms in total. The minimum atomic E-state index is -0.276. The Morgan fingerprint density at radius 2 is 2.00 bits per heavy atom. The molecule has 0 fully saturated rings. The summed E-state index contributed by atoms with van der Waals surface area (Å²) in [5.74, 6) is 0.239. The molecule has 2 heterocycles. The molecule has 0 amide bonds. The number of thioether (sulfide) groups is 1. The van der Waals surface area contributed by atoms with Gasteiger partial charge in [-0.1, -0.05) is 47.4 Å². The van der Waals surface area contributed by atoms with Crippen LogP contribution in [0.4, 0.5) is 9.52 Å². The fraction of sp³-hybridized carbons (Fsp3) is 0.143. The molecular formula is C21H17FN6OS2. The number of hydrogen-bond donors (Lipinski definition) is 2. The third-order valence-corrected chi connectivity index (χ3v) is 6.53. The van der Waals surface area contributed by atoms with E-state index in [1.807, 2.05) is 31.3 Å². The highest BCUT2D eigenvalue weighted by atomic mass is 32.2. The predicted molar refractivity (Wildman–Crippen MR) is 120 cm³/mol. The molecule has 4 aromatic rings. The number of nitrogens with one attached hydrogen (secondary N) is 1. The van der Waals surface area contributed by atoms with Crippen LogP contribution >= 0.6 is 23.1 Å². The lowest BCUT2D eigenvalue weighted by atomic mass is 10.2. The molecule has 0 unspecified atom stereocenters. The highest BCUT2D eigenvalue weighted by Gasteiger charge is 2.17. The first kappa shape index (κ1) is 20.8. The van der Waals surface area contributed by atoms with Gasteiger partial charge in [0.05, 0.1) is 16.8 Å². The van der Waals surface area contributed by atoms with Crippen molar-refractivity contribution in [2.24, 2.45) is 7.05 Å². The van der Waals surface area contributed by atoms with E-state index in [0.717, 1.165) is 16.6 Å². The number of aliphatic hydroxyl groups excluding tert-OH is 1. The summed E-state index contributed by atoms with van der Waals surface area (Å²) in [7, 11) is 1.81. The van der Waals surface area contributed by atoms with E-state index in [2.05, 4.69) is 26.6 Å². The molecule has 0 aliphatic rings. The lowest BCUT2D eigenvalue weighted by Gasteiger charge is -2.04. The van der Waals surface area contributed by atoms with E-state index in [4.69, 9.17) is 0 Å². The number of para-hydroxylation sites is 2. The van der Waals surface area contributed by atoms with Gasteiger partial charge >= 0.3 is 0 Å². The molecule has 2 aromatic carbocycles. The highest BCUT2D eigenvalue weighted by molar-refractivity contribution is 8.01. The Morgan fingerprint density at radius 3 is 2.74 bits per heavy atom. The van der Waals surface area contributed by atoms with Crippen molar-refractivity contribution in [3.8, 4) is 6.07 Å². The summed E-state index contributed by atoms with van der Waals surface area (Å²) >= 11 is 2.62. The van der Waals surface area contributed by atoms with Crippen LogP contribution in [-0.2, 0) is 13.6 Å². The number of allylic oxidation sites excluding steroid dienone is 1. The molecule has 0 spiro atoms. The van der Waals surface area contributed by atoms with Crippen LogP contribution < -0.4 is 5.32 Å². The van der Waals surface area contributed by atoms with Crippen molar-refractivity contribution in [1.29, 1.82) is 5.26 Å². The van der Waals surface area contributed by atoms with E-state index in [9.17, 15) is 14.8 Å². The van der Waals surface area contributed by atoms with Gasteiger partial charge in [-0.05, 0) is 29.8 Å². The fourth-order valence-electron chi connectivity index (χ4n) is 2.93. The van der Waals surface area contributed by atoms with Crippen molar-refractivity contribution in [2.45, 2.75) is 10.9 Å². The van der Waals surface area contributed by atoms with Crippen LogP contribution in [0.3, 0.4) is 0 Å². The number of aromatic nitrogens is 4. The average Bonchev–Trinajstić information content (AvgIpc) is 3.37. The van der Waals surface area contributed by atoms with Gasteiger partial charge in [0.15, 0.2) is 10.2 Å². The maximum atomic E-state index is 13.0. The zero-order chi connectivity index (χ0) is 21.8. The third-order valence-electron chi connectivity index (χ3n) is 4.51. The summed E-state index contributed by atoms with van der Waals surface area (Å²) in [5.41, 5.74) is 2.69. The molecule has 0 bridgehead atoms. The Bertz CT molecular complexity index is 1290. The van der Waals surface area contributed by atoms with Crippen LogP contribution in [0.1, 0.15) is 11.4 Å². The second-order valence-electron chi connectivity index (χ2n) is 6.56. The maximum absolute atomic E-state index is 13.0. The average molecular weight is 453 g/mol. The monoisotopic (exact) mass is 452 g/mol. The number of aliphatic hydroxyl groups is 1. The molecule has 2 N–H and O–H groups in total. The molecule has 0 saturated carbocycles. The predicted octanol–water partition coefficient (Wildman–Crippen LogP) is 4.76. The first-order valence-corrected chi connectivity index (χ1v) is 11.0. The van der Waals surface area contributed by atoms with E-state index in [-0.39, 0.29) is 22.9 Å². The largest absolute Gasteiger partial charge is 0.510 e. The van der Waals surface area contributed by atoms with Crippen LogP contribution in [0.2, 0.25) is 0 Å². The number of imidazole rings is 1. The van der Waals surface area contributed by atoms with Crippen molar-refractivity contribution in [3.63, 3.8) is 0 Å². The highest BCUT2D eigenvalue weighted by Crippen LogP contribution is 2.29. The topological polar surface area (TPSA) is 99.7 Å². The Hall–Kier alpha value is -3.42. The standard InChI is InChI=1S/C21H17FN6OS2/c1-28-17-5-3-2-4-16(17)25-19(28)15(10-23)18(29)12-30-21-27-26-20(31-21)24-11-13-6-8-14(22)9-7-13/h2-9,29H,11-12H2,1H3,(H,24,26)/b18-15-. The quantitative estimate of drug-likeness (QED) is 0.237. The maximum Gasteiger partial charge on any atom is 0.206 e. The second-order valence-corrected chi connectivity index (χ2v) is 8.76. The van der Waals surface area contributed by atoms with Gasteiger partial charge in [-0.25, -0.2) is 9.37 Å². The molecule has 2 aromatic heterocycles. The second kappa shape index (κ2) is 9.16. The van der Waals surface area contributed by atoms with Crippen LogP contribution in [-0.4, -0.2) is 30.6 Å². The van der Waals surface area contributed by atoms with Crippen LogP contribution in [0.15, 0.2) is 58.6 Å². The van der Waals surface area contributed by atoms with Gasteiger partial charge in [0.2, 0.25) is 5.13 Å². The van der Waals surface area contributed by atoms with Crippen molar-refractivity contribution in [1.82, 2.24) is 19.7 Å². The molecule has 0 atom stereocenters. The Balaban J connectivity index is 1.43. The Labute approximate surface area is 185 Å². The zero-order valence-corrected chi connectivity index (χ0v) is 18.0. The summed E-state index contributed by atoms with van der Waals surface area (Å²) in [4.78, 5) is 4.48. The van der Waals surface area contributed by atoms with Gasteiger partial charge in [-0.3, -0.25) is 0 Å². The number of rotatable bonds is 7. The minimum Gasteiger partial charge on any atom is -0.510 e. The number of hydrogen-bond acceptors (Lipinski definition) is 8. The fourth-order valence-corrected chi connectivity index (χ4v) is 4.56. The molecule has 0 saturated heterocycles. The van der Waals surface area contributed by atoms with Crippen molar-refractivity contribution in [2.75, 3.05) is 11.1 Å². The Morgan fingerprint density at radius 1 is 1.23 bits per heavy atom. The molecule has 0 aliphatic carbocycles. The lowest BCUT2D eigenvalue weighted by molar-refractivity contribution is 0.420. The van der Waals surface area contributed by atoms with Gasteiger partial charge in [-0.15, -0.1) is 10.2 Å². The summed E-state index contributed by atoms with van der Waals surface area (Å²) in [6.07, 6.45) is 0. The number of aryl methyl sites for hydroxylation is 1. The van der Waals surface area contributed by atoms with Gasteiger partial charge in [0.1, 0.15) is 23.2 Å². The van der Waals surface area contributed by atoms with Gasteiger partial charge in [0, 0.05) is 13.6 Å². The first-order valence-electron chi connectivity index (χ1n) is 9.24. The van der Waals surface area contributed by atoms with Gasteiger partial charge in [0.25, 0.3) is 0 Å². The molecule has 10 heteroatoms. The number of halogens is 1. The number of nitriles is 1. The van der Waals surface area contributed by atoms with Crippen molar-refractivity contribution in [3.05, 3.63) is 71.5 Å². The minimum absolute atomic E-state index is 0.0677. The summed E-state index contributed by atoms with van der Waals surface area (Å²) in [6, 6.07) is 15.8. The molecule has 4 rings (SSSR count). The summed E-state index contributed by atoms with van der Waals surface area (Å²) in [6.45, 7) is 0.496. The molecular weight excluding hydrogens is 435 g/mol. The Kier molecular flexibility index (Phi) is 6.16. The molecule has 31 heavy (non-hydrogen) atoms. The zero-order valence-electron chi connectivity index (χ0n) is 16.4. The number of nitrogens with zero attached hydrogens (tertiary/aromatic N) is 5. The van der Waals surface area contributed by atoms with Crippen LogP contribution in [0.25, 0.3) is 16.6 Å². The smallest absolute Gasteiger partial charge is 0.206 e. The van der Waals surface area contributed by atoms with Crippen molar-refractivity contribution < 1.29 is 9.50 Å².